The molecular formula is C7H12OS. The lowest BCUT2D eigenvalue weighted by Crippen LogP contribution is -2.01. The molecule has 0 spiro atoms. The molecule has 0 N–H and O–H groups in total. The highest BCUT2D eigenvalue weighted by molar-refractivity contribution is 7.99. The summed E-state index contributed by atoms with van der Waals surface area (Å²) in [6.07, 6.45) is 3.44. The molecule has 2 aliphatic rings. The minimum Gasteiger partial charge on any atom is -0.373 e. The Bertz CT molecular complexity index is 95.1. The van der Waals surface area contributed by atoms with Crippen LogP contribution in [-0.2, 0) is 4.74 Å². The second kappa shape index (κ2) is 2.51. The highest BCUT2D eigenvalue weighted by Gasteiger charge is 2.28. The van der Waals surface area contributed by atoms with Crippen LogP contribution in [0.5, 0.6) is 0 Å². The van der Waals surface area contributed by atoms with E-state index in [0.29, 0.717) is 6.10 Å². The topological polar surface area (TPSA) is 12.5 Å². The van der Waals surface area contributed by atoms with Gasteiger partial charge in [-0.05, 0) is 30.3 Å². The van der Waals surface area contributed by atoms with Crippen molar-refractivity contribution in [2.45, 2.75) is 18.9 Å². The van der Waals surface area contributed by atoms with Crippen LogP contribution in [0.4, 0.5) is 0 Å². The zero-order valence-corrected chi connectivity index (χ0v) is 6.32. The van der Waals surface area contributed by atoms with E-state index in [1.165, 1.54) is 24.3 Å². The first-order chi connectivity index (χ1) is 4.45. The normalized spacial score (nSPS) is 41.3. The molecule has 0 aliphatic carbocycles. The van der Waals surface area contributed by atoms with E-state index in [1.54, 1.807) is 0 Å². The van der Waals surface area contributed by atoms with Crippen LogP contribution in [0.3, 0.4) is 0 Å². The van der Waals surface area contributed by atoms with Gasteiger partial charge in [-0.3, -0.25) is 0 Å². The third-order valence-corrected chi connectivity index (χ3v) is 3.25. The van der Waals surface area contributed by atoms with Gasteiger partial charge in [-0.15, -0.1) is 0 Å². The van der Waals surface area contributed by atoms with E-state index < -0.39 is 0 Å². The maximum atomic E-state index is 5.16. The monoisotopic (exact) mass is 144 g/mol. The number of epoxide rings is 1. The summed E-state index contributed by atoms with van der Waals surface area (Å²) in [7, 11) is 0. The maximum Gasteiger partial charge on any atom is 0.0812 e. The summed E-state index contributed by atoms with van der Waals surface area (Å²) in [6, 6.07) is 0. The molecule has 0 aromatic heterocycles. The van der Waals surface area contributed by atoms with Crippen molar-refractivity contribution in [3.8, 4) is 0 Å². The first-order valence-corrected chi connectivity index (χ1v) is 4.80. The largest absolute Gasteiger partial charge is 0.373 e. The highest BCUT2D eigenvalue weighted by atomic mass is 32.2. The van der Waals surface area contributed by atoms with Gasteiger partial charge in [-0.2, -0.15) is 11.8 Å². The molecular weight excluding hydrogens is 132 g/mol. The van der Waals surface area contributed by atoms with E-state index in [2.05, 4.69) is 11.8 Å². The Hall–Kier alpha value is 0.310. The van der Waals surface area contributed by atoms with Gasteiger partial charge < -0.3 is 4.74 Å². The third kappa shape index (κ3) is 1.62. The number of hydrogen-bond donors (Lipinski definition) is 0. The van der Waals surface area contributed by atoms with Gasteiger partial charge in [0.1, 0.15) is 0 Å². The molecule has 0 amide bonds. The Morgan fingerprint density at radius 2 is 2.44 bits per heavy atom. The van der Waals surface area contributed by atoms with Crippen molar-refractivity contribution < 1.29 is 4.74 Å². The van der Waals surface area contributed by atoms with Gasteiger partial charge in [-0.25, -0.2) is 0 Å². The van der Waals surface area contributed by atoms with Gasteiger partial charge in [0.15, 0.2) is 0 Å². The Morgan fingerprint density at radius 1 is 1.56 bits per heavy atom. The molecule has 9 heavy (non-hydrogen) atoms. The van der Waals surface area contributed by atoms with E-state index in [9.17, 15) is 0 Å². The van der Waals surface area contributed by atoms with E-state index in [0.717, 1.165) is 12.5 Å². The molecule has 2 unspecified atom stereocenters. The van der Waals surface area contributed by atoms with Crippen LogP contribution < -0.4 is 0 Å². The summed E-state index contributed by atoms with van der Waals surface area (Å²) in [5.74, 6) is 3.76. The van der Waals surface area contributed by atoms with Gasteiger partial charge in [-0.1, -0.05) is 0 Å². The zero-order chi connectivity index (χ0) is 6.10. The van der Waals surface area contributed by atoms with Crippen LogP contribution in [0, 0.1) is 5.92 Å². The molecule has 0 aromatic carbocycles. The molecule has 52 valence electrons. The molecule has 0 radical (unpaired) electrons. The van der Waals surface area contributed by atoms with Crippen LogP contribution in [0.2, 0.25) is 0 Å². The van der Waals surface area contributed by atoms with Crippen LogP contribution in [0.1, 0.15) is 12.8 Å². The van der Waals surface area contributed by atoms with Gasteiger partial charge in [0.2, 0.25) is 0 Å². The summed E-state index contributed by atoms with van der Waals surface area (Å²) in [4.78, 5) is 0. The lowest BCUT2D eigenvalue weighted by atomic mass is 10.0. The molecule has 1 nitrogen and oxygen atoms in total. The molecule has 2 atom stereocenters. The average molecular weight is 144 g/mol. The van der Waals surface area contributed by atoms with Crippen LogP contribution in [0.15, 0.2) is 0 Å². The summed E-state index contributed by atoms with van der Waals surface area (Å²) in [6.45, 7) is 1.04. The van der Waals surface area contributed by atoms with Crippen LogP contribution >= 0.6 is 11.8 Å². The summed E-state index contributed by atoms with van der Waals surface area (Å²) < 4.78 is 5.16. The lowest BCUT2D eigenvalue weighted by Gasteiger charge is -2.02. The quantitative estimate of drug-likeness (QED) is 0.545. The zero-order valence-electron chi connectivity index (χ0n) is 5.51. The molecule has 2 fully saturated rings. The lowest BCUT2D eigenvalue weighted by molar-refractivity contribution is 0.364. The van der Waals surface area contributed by atoms with E-state index in [-0.39, 0.29) is 0 Å². The number of rotatable bonds is 2. The van der Waals surface area contributed by atoms with Crippen molar-refractivity contribution in [3.63, 3.8) is 0 Å². The van der Waals surface area contributed by atoms with Crippen LogP contribution in [-0.4, -0.2) is 24.2 Å². The first-order valence-electron chi connectivity index (χ1n) is 3.64. The van der Waals surface area contributed by atoms with E-state index in [4.69, 9.17) is 4.74 Å². The van der Waals surface area contributed by atoms with Crippen molar-refractivity contribution >= 4 is 11.8 Å². The fraction of sp³-hybridized carbons (Fsp3) is 1.00. The predicted octanol–water partition coefficient (Wildman–Crippen LogP) is 1.53. The molecule has 2 heteroatoms. The van der Waals surface area contributed by atoms with Crippen molar-refractivity contribution in [2.75, 3.05) is 18.1 Å². The third-order valence-electron chi connectivity index (χ3n) is 2.02. The predicted molar refractivity (Wildman–Crippen MR) is 39.8 cm³/mol. The van der Waals surface area contributed by atoms with E-state index in [1.807, 2.05) is 0 Å². The van der Waals surface area contributed by atoms with Gasteiger partial charge in [0.25, 0.3) is 0 Å². The molecule has 2 rings (SSSR count). The molecule has 2 saturated heterocycles. The van der Waals surface area contributed by atoms with Crippen molar-refractivity contribution in [1.82, 2.24) is 0 Å². The Kier molecular flexibility index (Phi) is 1.68. The smallest absolute Gasteiger partial charge is 0.0812 e. The van der Waals surface area contributed by atoms with Gasteiger partial charge >= 0.3 is 0 Å². The second-order valence-corrected chi connectivity index (χ2v) is 4.07. The Labute approximate surface area is 60.2 Å². The van der Waals surface area contributed by atoms with Crippen molar-refractivity contribution in [3.05, 3.63) is 0 Å². The summed E-state index contributed by atoms with van der Waals surface area (Å²) >= 11 is 2.10. The van der Waals surface area contributed by atoms with Crippen molar-refractivity contribution in [1.29, 1.82) is 0 Å². The minimum absolute atomic E-state index is 0.661. The number of hydrogen-bond acceptors (Lipinski definition) is 2. The Morgan fingerprint density at radius 3 is 3.00 bits per heavy atom. The average Bonchev–Trinajstić information content (AvgIpc) is 2.46. The molecule has 0 saturated carbocycles. The summed E-state index contributed by atoms with van der Waals surface area (Å²) in [5.41, 5.74) is 0. The van der Waals surface area contributed by atoms with Crippen LogP contribution in [0.25, 0.3) is 0 Å². The molecule has 0 aromatic rings. The molecule has 0 bridgehead atoms. The number of ether oxygens (including phenoxy) is 1. The fourth-order valence-electron chi connectivity index (χ4n) is 1.35. The van der Waals surface area contributed by atoms with Gasteiger partial charge in [0.05, 0.1) is 12.7 Å². The first kappa shape index (κ1) is 6.05. The van der Waals surface area contributed by atoms with E-state index >= 15 is 0 Å². The maximum absolute atomic E-state index is 5.16. The molecule has 2 aliphatic heterocycles. The fourth-order valence-corrected chi connectivity index (χ4v) is 2.65. The SMILES string of the molecule is C1CC(CC2CO2)CS1. The number of thioether (sulfide) groups is 1. The highest BCUT2D eigenvalue weighted by Crippen LogP contribution is 2.30. The Balaban J connectivity index is 1.70. The van der Waals surface area contributed by atoms with Crippen molar-refractivity contribution in [2.24, 2.45) is 5.92 Å². The standard InChI is InChI=1S/C7H12OS/c1-2-9-5-6(1)3-7-4-8-7/h6-7H,1-5H2. The summed E-state index contributed by atoms with van der Waals surface area (Å²) in [5, 5.41) is 0. The minimum atomic E-state index is 0.661. The second-order valence-electron chi connectivity index (χ2n) is 2.92. The van der Waals surface area contributed by atoms with Gasteiger partial charge in [0, 0.05) is 0 Å². The molecule has 2 heterocycles.